The number of hydrogen-bond acceptors (Lipinski definition) is 9. The van der Waals surface area contributed by atoms with Crippen molar-refractivity contribution in [3.05, 3.63) is 12.2 Å². The van der Waals surface area contributed by atoms with Gasteiger partial charge in [-0.25, -0.2) is 4.57 Å². The van der Waals surface area contributed by atoms with Crippen molar-refractivity contribution in [2.45, 2.75) is 302 Å². The Morgan fingerprint density at radius 1 is 0.439 bits per heavy atom. The van der Waals surface area contributed by atoms with Gasteiger partial charge in [0.05, 0.1) is 19.8 Å². The molecule has 0 heterocycles. The van der Waals surface area contributed by atoms with Crippen molar-refractivity contribution < 1.29 is 47.8 Å². The molecular weight excluding hydrogens is 852 g/mol. The van der Waals surface area contributed by atoms with Gasteiger partial charge in [-0.1, -0.05) is 251 Å². The number of aliphatic hydroxyl groups is 2. The molecule has 11 heteroatoms. The number of esters is 2. The average molecular weight is 959 g/mol. The first kappa shape index (κ1) is 64.7. The zero-order valence-electron chi connectivity index (χ0n) is 43.2. The van der Waals surface area contributed by atoms with E-state index >= 15 is 0 Å². The quantitative estimate of drug-likeness (QED) is 0.0233. The molecule has 10 nitrogen and oxygen atoms in total. The predicted molar refractivity (Wildman–Crippen MR) is 275 cm³/mol. The topological polar surface area (TPSA) is 149 Å². The lowest BCUT2D eigenvalue weighted by atomic mass is 10.0. The molecule has 3 atom stereocenters. The second-order valence-electron chi connectivity index (χ2n) is 19.3. The number of unbranched alkanes of at least 4 members (excludes halogenated alkanes) is 38. The molecule has 3 unspecified atom stereocenters. The van der Waals surface area contributed by atoms with Gasteiger partial charge in [0.2, 0.25) is 0 Å². The number of hydrogen-bond donors (Lipinski definition) is 3. The van der Waals surface area contributed by atoms with Gasteiger partial charge in [-0.05, 0) is 38.5 Å². The van der Waals surface area contributed by atoms with E-state index in [4.69, 9.17) is 23.6 Å². The Bertz CT molecular complexity index is 1100. The van der Waals surface area contributed by atoms with Crippen LogP contribution in [0.1, 0.15) is 290 Å². The summed E-state index contributed by atoms with van der Waals surface area (Å²) >= 11 is 0. The minimum atomic E-state index is -4.62. The fourth-order valence-corrected chi connectivity index (χ4v) is 9.14. The zero-order valence-corrected chi connectivity index (χ0v) is 44.1. The van der Waals surface area contributed by atoms with E-state index < -0.39 is 51.8 Å². The van der Waals surface area contributed by atoms with Crippen LogP contribution in [0.3, 0.4) is 0 Å². The van der Waals surface area contributed by atoms with Crippen molar-refractivity contribution >= 4 is 19.8 Å². The molecule has 3 N–H and O–H groups in total. The van der Waals surface area contributed by atoms with Gasteiger partial charge in [0, 0.05) is 12.8 Å². The third-order valence-electron chi connectivity index (χ3n) is 12.7. The maximum atomic E-state index is 12.7. The first-order chi connectivity index (χ1) is 32.2. The number of phosphoric acid groups is 1. The summed E-state index contributed by atoms with van der Waals surface area (Å²) in [5.41, 5.74) is 0. The first-order valence-corrected chi connectivity index (χ1v) is 29.6. The van der Waals surface area contributed by atoms with Crippen LogP contribution in [0.25, 0.3) is 0 Å². The Labute approximate surface area is 406 Å². The Morgan fingerprint density at radius 2 is 0.742 bits per heavy atom. The van der Waals surface area contributed by atoms with Gasteiger partial charge in [0.1, 0.15) is 12.7 Å². The monoisotopic (exact) mass is 959 g/mol. The maximum Gasteiger partial charge on any atom is 0.472 e. The van der Waals surface area contributed by atoms with Gasteiger partial charge in [-0.2, -0.15) is 0 Å². The maximum absolute atomic E-state index is 12.7. The van der Waals surface area contributed by atoms with Crippen LogP contribution in [-0.2, 0) is 32.7 Å². The van der Waals surface area contributed by atoms with E-state index in [-0.39, 0.29) is 19.4 Å². The van der Waals surface area contributed by atoms with Crippen LogP contribution in [0.5, 0.6) is 0 Å². The highest BCUT2D eigenvalue weighted by Crippen LogP contribution is 2.43. The van der Waals surface area contributed by atoms with Crippen molar-refractivity contribution in [3.8, 4) is 0 Å². The van der Waals surface area contributed by atoms with Crippen LogP contribution in [0, 0.1) is 0 Å². The summed E-state index contributed by atoms with van der Waals surface area (Å²) in [6, 6.07) is 0. The molecule has 0 aliphatic rings. The normalized spacial score (nSPS) is 13.6. The molecule has 0 radical (unpaired) electrons. The minimum absolute atomic E-state index is 0.189. The lowest BCUT2D eigenvalue weighted by molar-refractivity contribution is -0.161. The summed E-state index contributed by atoms with van der Waals surface area (Å²) in [6.45, 7) is 2.46. The molecule has 0 aromatic carbocycles. The molecule has 0 aliphatic heterocycles. The molecule has 0 bridgehead atoms. The van der Waals surface area contributed by atoms with E-state index in [1.165, 1.54) is 218 Å². The number of ether oxygens (including phenoxy) is 2. The van der Waals surface area contributed by atoms with E-state index in [1.54, 1.807) is 0 Å². The van der Waals surface area contributed by atoms with Crippen LogP contribution >= 0.6 is 7.82 Å². The Kier molecular flexibility index (Phi) is 50.5. The Balaban J connectivity index is 4.08. The van der Waals surface area contributed by atoms with Crippen molar-refractivity contribution in [2.24, 2.45) is 0 Å². The summed E-state index contributed by atoms with van der Waals surface area (Å²) in [4.78, 5) is 35.3. The van der Waals surface area contributed by atoms with Crippen LogP contribution in [0.2, 0.25) is 0 Å². The molecule has 0 aromatic heterocycles. The lowest BCUT2D eigenvalue weighted by Crippen LogP contribution is -2.29. The van der Waals surface area contributed by atoms with E-state index in [9.17, 15) is 24.2 Å². The summed E-state index contributed by atoms with van der Waals surface area (Å²) in [6.07, 6.45) is 54.7. The van der Waals surface area contributed by atoms with Gasteiger partial charge in [0.15, 0.2) is 6.10 Å². The first-order valence-electron chi connectivity index (χ1n) is 28.1. The molecule has 0 rings (SSSR count). The fourth-order valence-electron chi connectivity index (χ4n) is 8.35. The van der Waals surface area contributed by atoms with Crippen molar-refractivity contribution in [2.75, 3.05) is 26.4 Å². The minimum Gasteiger partial charge on any atom is -0.462 e. The highest BCUT2D eigenvalue weighted by atomic mass is 31.2. The molecule has 0 saturated heterocycles. The SMILES string of the molecule is CCCCCCCCCC/C=C\CCCCCCCCCCCCCC(=O)OC(COC(=O)CCCCCCCCCCCCCCCCCCCCCC)COP(=O)(O)OCC(O)CO. The van der Waals surface area contributed by atoms with E-state index in [0.717, 1.165) is 32.1 Å². The smallest absolute Gasteiger partial charge is 0.462 e. The molecule has 392 valence electrons. The third kappa shape index (κ3) is 50.6. The van der Waals surface area contributed by atoms with Crippen LogP contribution < -0.4 is 0 Å². The summed E-state index contributed by atoms with van der Waals surface area (Å²) < 4.78 is 33.0. The van der Waals surface area contributed by atoms with E-state index in [0.29, 0.717) is 12.8 Å². The van der Waals surface area contributed by atoms with Gasteiger partial charge in [0.25, 0.3) is 0 Å². The molecule has 66 heavy (non-hydrogen) atoms. The summed E-state index contributed by atoms with van der Waals surface area (Å²) in [7, 11) is -4.62. The molecule has 0 aliphatic carbocycles. The van der Waals surface area contributed by atoms with E-state index in [1.807, 2.05) is 0 Å². The molecule has 0 aromatic rings. The average Bonchev–Trinajstić information content (AvgIpc) is 3.31. The Hall–Kier alpha value is -1.29. The molecular formula is C55H107O10P. The fraction of sp³-hybridized carbons (Fsp3) is 0.927. The summed E-state index contributed by atoms with van der Waals surface area (Å²) in [5, 5.41) is 18.4. The van der Waals surface area contributed by atoms with Crippen molar-refractivity contribution in [1.29, 1.82) is 0 Å². The number of aliphatic hydroxyl groups excluding tert-OH is 2. The van der Waals surface area contributed by atoms with Gasteiger partial charge in [-0.15, -0.1) is 0 Å². The number of rotatable bonds is 54. The third-order valence-corrected chi connectivity index (χ3v) is 13.6. The van der Waals surface area contributed by atoms with Crippen LogP contribution in [0.15, 0.2) is 12.2 Å². The van der Waals surface area contributed by atoms with Gasteiger partial charge < -0.3 is 24.6 Å². The standard InChI is InChI=1S/C55H107O10P/c1-3-5-7-9-11-13-15-17-19-21-23-25-26-27-29-31-33-35-37-39-41-43-45-47-55(59)65-53(51-64-66(60,61)63-49-52(57)48-56)50-62-54(58)46-44-42-40-38-36-34-32-30-28-24-22-20-18-16-14-12-10-8-6-4-2/h21,23,52-53,56-57H,3-20,22,24-51H2,1-2H3,(H,60,61)/b23-21-. The van der Waals surface area contributed by atoms with Crippen LogP contribution in [0.4, 0.5) is 0 Å². The highest BCUT2D eigenvalue weighted by molar-refractivity contribution is 7.47. The number of carbonyl (C=O) groups is 2. The molecule has 0 spiro atoms. The van der Waals surface area contributed by atoms with E-state index in [2.05, 4.69) is 26.0 Å². The van der Waals surface area contributed by atoms with Gasteiger partial charge in [-0.3, -0.25) is 18.6 Å². The predicted octanol–water partition coefficient (Wildman–Crippen LogP) is 16.3. The second-order valence-corrected chi connectivity index (χ2v) is 20.8. The second kappa shape index (κ2) is 51.6. The highest BCUT2D eigenvalue weighted by Gasteiger charge is 2.27. The number of carbonyl (C=O) groups excluding carboxylic acids is 2. The molecule has 0 amide bonds. The number of phosphoric ester groups is 1. The van der Waals surface area contributed by atoms with Gasteiger partial charge >= 0.3 is 19.8 Å². The van der Waals surface area contributed by atoms with Crippen molar-refractivity contribution in [3.63, 3.8) is 0 Å². The van der Waals surface area contributed by atoms with Crippen molar-refractivity contribution in [1.82, 2.24) is 0 Å². The zero-order chi connectivity index (χ0) is 48.3. The largest absolute Gasteiger partial charge is 0.472 e. The summed E-state index contributed by atoms with van der Waals surface area (Å²) in [5.74, 6) is -0.905. The number of allylic oxidation sites excluding steroid dienone is 2. The molecule has 0 fully saturated rings. The Morgan fingerprint density at radius 3 is 1.09 bits per heavy atom. The lowest BCUT2D eigenvalue weighted by Gasteiger charge is -2.20. The van der Waals surface area contributed by atoms with Crippen LogP contribution in [-0.4, -0.2) is 65.7 Å². The molecule has 0 saturated carbocycles.